The molecule has 0 amide bonds. The minimum Gasteiger partial charge on any atom is -0.369 e. The number of allylic oxidation sites excluding steroid dienone is 1. The molecule has 2 N–H and O–H groups in total. The lowest BCUT2D eigenvalue weighted by Gasteiger charge is -2.29. The van der Waals surface area contributed by atoms with Gasteiger partial charge in [0, 0.05) is 12.3 Å². The number of aliphatic imine (C=N–C) groups is 1. The smallest absolute Gasteiger partial charge is 0.239 e. The number of benzene rings is 1. The van der Waals surface area contributed by atoms with Crippen LogP contribution in [0.25, 0.3) is 5.57 Å². The summed E-state index contributed by atoms with van der Waals surface area (Å²) in [4.78, 5) is 4.34. The van der Waals surface area contributed by atoms with Crippen molar-refractivity contribution < 1.29 is 8.42 Å². The van der Waals surface area contributed by atoms with E-state index >= 15 is 0 Å². The van der Waals surface area contributed by atoms with Crippen LogP contribution >= 0.6 is 11.8 Å². The van der Waals surface area contributed by atoms with Gasteiger partial charge in [0.05, 0.1) is 23.4 Å². The van der Waals surface area contributed by atoms with E-state index in [0.29, 0.717) is 12.0 Å². The number of hydrogen-bond donors (Lipinski definition) is 1. The summed E-state index contributed by atoms with van der Waals surface area (Å²) in [7, 11) is -1.97. The van der Waals surface area contributed by atoms with Gasteiger partial charge in [-0.15, -0.1) is 11.8 Å². The molecule has 0 bridgehead atoms. The minimum absolute atomic E-state index is 0.0266. The molecule has 1 unspecified atom stereocenters. The molecule has 1 aromatic rings. The molecule has 0 spiro atoms. The highest BCUT2D eigenvalue weighted by Gasteiger charge is 2.36. The molecule has 23 heavy (non-hydrogen) atoms. The van der Waals surface area contributed by atoms with Gasteiger partial charge in [-0.3, -0.25) is 0 Å². The molecule has 2 aliphatic rings. The maximum absolute atomic E-state index is 12.1. The van der Waals surface area contributed by atoms with Crippen molar-refractivity contribution in [1.82, 2.24) is 4.31 Å². The monoisotopic (exact) mass is 348 g/mol. The first-order valence-corrected chi connectivity index (χ1v) is 9.61. The molecular formula is C15H16N4O2S2. The van der Waals surface area contributed by atoms with Crippen molar-refractivity contribution in [2.24, 2.45) is 10.7 Å². The highest BCUT2D eigenvalue weighted by atomic mass is 32.2. The van der Waals surface area contributed by atoms with Crippen molar-refractivity contribution in [2.45, 2.75) is 17.7 Å². The van der Waals surface area contributed by atoms with E-state index < -0.39 is 10.0 Å². The van der Waals surface area contributed by atoms with Crippen LogP contribution in [0.5, 0.6) is 0 Å². The minimum atomic E-state index is -3.39. The first-order chi connectivity index (χ1) is 10.9. The molecule has 6 nitrogen and oxygen atoms in total. The molecule has 0 aromatic heterocycles. The summed E-state index contributed by atoms with van der Waals surface area (Å²) in [5, 5.41) is 11.1. The van der Waals surface area contributed by atoms with Gasteiger partial charge in [0.15, 0.2) is 0 Å². The number of thioether (sulfide) groups is 1. The Hall–Kier alpha value is -1.98. The van der Waals surface area contributed by atoms with Crippen molar-refractivity contribution in [2.75, 3.05) is 12.8 Å². The molecule has 8 heteroatoms. The first-order valence-electron chi connectivity index (χ1n) is 7.05. The van der Waals surface area contributed by atoms with Gasteiger partial charge in [0.25, 0.3) is 0 Å². The zero-order valence-electron chi connectivity index (χ0n) is 12.5. The Morgan fingerprint density at radius 2 is 2.26 bits per heavy atom. The second kappa shape index (κ2) is 5.91. The topological polar surface area (TPSA) is 99.5 Å². The number of nitrogens with zero attached hydrogens (tertiary/aromatic N) is 3. The molecule has 120 valence electrons. The van der Waals surface area contributed by atoms with Crippen molar-refractivity contribution in [1.29, 1.82) is 5.26 Å². The van der Waals surface area contributed by atoms with Gasteiger partial charge in [-0.05, 0) is 35.1 Å². The summed E-state index contributed by atoms with van der Waals surface area (Å²) in [6.45, 7) is 0. The number of nitriles is 1. The average molecular weight is 348 g/mol. The van der Waals surface area contributed by atoms with Crippen molar-refractivity contribution in [3.05, 3.63) is 40.8 Å². The predicted octanol–water partition coefficient (Wildman–Crippen LogP) is 1.36. The van der Waals surface area contributed by atoms with Crippen LogP contribution in [0.4, 0.5) is 0 Å². The van der Waals surface area contributed by atoms with Crippen molar-refractivity contribution >= 4 is 33.3 Å². The van der Waals surface area contributed by atoms with Crippen molar-refractivity contribution in [3.63, 3.8) is 0 Å². The summed E-state index contributed by atoms with van der Waals surface area (Å²) in [5.41, 5.74) is 8.43. The maximum atomic E-state index is 12.1. The molecule has 2 atom stereocenters. The molecule has 2 heterocycles. The summed E-state index contributed by atoms with van der Waals surface area (Å²) in [6, 6.07) is 9.19. The third-order valence-electron chi connectivity index (χ3n) is 4.02. The zero-order chi connectivity index (χ0) is 16.6. The fourth-order valence-electron chi connectivity index (χ4n) is 2.63. The van der Waals surface area contributed by atoms with E-state index in [1.54, 1.807) is 17.8 Å². The summed E-state index contributed by atoms with van der Waals surface area (Å²) >= 11 is 1.58. The Morgan fingerprint density at radius 3 is 2.96 bits per heavy atom. The number of hydrogen-bond acceptors (Lipinski definition) is 6. The second-order valence-electron chi connectivity index (χ2n) is 5.52. The van der Waals surface area contributed by atoms with Gasteiger partial charge in [0.2, 0.25) is 16.0 Å². The lowest BCUT2D eigenvalue weighted by Crippen LogP contribution is -2.49. The quantitative estimate of drug-likeness (QED) is 0.870. The van der Waals surface area contributed by atoms with Crippen LogP contribution in [-0.4, -0.2) is 42.8 Å². The number of sulfonamides is 1. The van der Waals surface area contributed by atoms with Gasteiger partial charge >= 0.3 is 0 Å². The van der Waals surface area contributed by atoms with Crippen LogP contribution in [0, 0.1) is 11.3 Å². The van der Waals surface area contributed by atoms with E-state index in [4.69, 9.17) is 11.0 Å². The van der Waals surface area contributed by atoms with E-state index in [1.165, 1.54) is 7.05 Å². The zero-order valence-corrected chi connectivity index (χ0v) is 14.1. The Balaban J connectivity index is 1.78. The third-order valence-corrected chi connectivity index (χ3v) is 7.05. The highest BCUT2D eigenvalue weighted by Crippen LogP contribution is 2.39. The lowest BCUT2D eigenvalue weighted by atomic mass is 9.99. The van der Waals surface area contributed by atoms with Crippen molar-refractivity contribution in [3.8, 4) is 6.07 Å². The Morgan fingerprint density at radius 1 is 1.48 bits per heavy atom. The number of guanidine groups is 1. The van der Waals surface area contributed by atoms with Crippen LogP contribution in [0.15, 0.2) is 34.7 Å². The molecule has 0 saturated heterocycles. The molecule has 2 aliphatic heterocycles. The van der Waals surface area contributed by atoms with E-state index in [2.05, 4.69) is 11.1 Å². The Bertz CT molecular complexity index is 839. The maximum Gasteiger partial charge on any atom is 0.239 e. The van der Waals surface area contributed by atoms with E-state index in [0.717, 1.165) is 15.4 Å². The highest BCUT2D eigenvalue weighted by molar-refractivity contribution is 8.03. The molecule has 0 saturated carbocycles. The van der Waals surface area contributed by atoms with Crippen LogP contribution in [0.2, 0.25) is 0 Å². The van der Waals surface area contributed by atoms with Crippen LogP contribution < -0.4 is 5.73 Å². The largest absolute Gasteiger partial charge is 0.369 e. The van der Waals surface area contributed by atoms with E-state index in [1.807, 2.05) is 23.6 Å². The van der Waals surface area contributed by atoms with Crippen LogP contribution in [-0.2, 0) is 10.0 Å². The lowest BCUT2D eigenvalue weighted by molar-refractivity contribution is 0.525. The van der Waals surface area contributed by atoms with Gasteiger partial charge < -0.3 is 5.73 Å². The van der Waals surface area contributed by atoms with Gasteiger partial charge in [-0.2, -0.15) is 5.26 Å². The fraction of sp³-hybridized carbons (Fsp3) is 0.333. The Labute approximate surface area is 139 Å². The molecule has 3 rings (SSSR count). The first kappa shape index (κ1) is 15.9. The van der Waals surface area contributed by atoms with Crippen LogP contribution in [0.3, 0.4) is 0 Å². The average Bonchev–Trinajstić information content (AvgIpc) is 3.02. The molecular weight excluding hydrogens is 332 g/mol. The third kappa shape index (κ3) is 3.07. The second-order valence-corrected chi connectivity index (χ2v) is 8.67. The molecule has 0 aliphatic carbocycles. The van der Waals surface area contributed by atoms with E-state index in [9.17, 15) is 8.42 Å². The summed E-state index contributed by atoms with van der Waals surface area (Å²) < 4.78 is 25.2. The fourth-order valence-corrected chi connectivity index (χ4v) is 5.23. The van der Waals surface area contributed by atoms with Gasteiger partial charge in [0.1, 0.15) is 0 Å². The number of nitrogens with two attached hydrogens (primary N) is 1. The summed E-state index contributed by atoms with van der Waals surface area (Å²) in [5.74, 6) is 0.0167. The van der Waals surface area contributed by atoms with Gasteiger partial charge in [-0.25, -0.2) is 17.7 Å². The van der Waals surface area contributed by atoms with Crippen LogP contribution in [0.1, 0.15) is 17.5 Å². The summed E-state index contributed by atoms with van der Waals surface area (Å²) in [6.07, 6.45) is 0.709. The standard InChI is InChI=1S/C15H16N4O2S2/c1-19-15(17)18-13(9-23(19,20)21)14-6-12(8-22-14)11-4-2-3-10(5-11)7-16/h2-5,8,13-14H,6,9H2,1H3,(H2,17,18)/t13-,14?/m0/s1. The SMILES string of the molecule is CN1C(N)=N[C@H](C2CC(c3cccc(C#N)c3)=CS2)CS1(=O)=O. The Kier molecular flexibility index (Phi) is 4.08. The molecule has 1 aromatic carbocycles. The van der Waals surface area contributed by atoms with Gasteiger partial charge in [-0.1, -0.05) is 12.1 Å². The normalized spacial score (nSPS) is 26.3. The van der Waals surface area contributed by atoms with E-state index in [-0.39, 0.29) is 23.0 Å². The predicted molar refractivity (Wildman–Crippen MR) is 92.1 cm³/mol. The molecule has 0 fully saturated rings. The number of rotatable bonds is 2. The molecule has 0 radical (unpaired) electrons.